The van der Waals surface area contributed by atoms with Crippen LogP contribution in [0.5, 0.6) is 11.5 Å². The van der Waals surface area contributed by atoms with Gasteiger partial charge in [-0.25, -0.2) is 0 Å². The molecule has 0 bridgehead atoms. The maximum Gasteiger partial charge on any atom is 0.146 e. The SMILES string of the molecule is Nc1ccc(-c2cccc(N)c2O)c(O)c1. The summed E-state index contributed by atoms with van der Waals surface area (Å²) < 4.78 is 0. The van der Waals surface area contributed by atoms with Crippen LogP contribution in [0.1, 0.15) is 0 Å². The molecule has 0 spiro atoms. The van der Waals surface area contributed by atoms with Crippen molar-refractivity contribution in [1.82, 2.24) is 0 Å². The van der Waals surface area contributed by atoms with Gasteiger partial charge in [0.05, 0.1) is 5.69 Å². The van der Waals surface area contributed by atoms with E-state index in [4.69, 9.17) is 11.5 Å². The molecule has 0 saturated carbocycles. The topological polar surface area (TPSA) is 92.5 Å². The summed E-state index contributed by atoms with van der Waals surface area (Å²) in [7, 11) is 0. The number of aromatic hydroxyl groups is 2. The van der Waals surface area contributed by atoms with Crippen LogP contribution in [0.3, 0.4) is 0 Å². The van der Waals surface area contributed by atoms with E-state index < -0.39 is 0 Å². The molecule has 4 heteroatoms. The van der Waals surface area contributed by atoms with Gasteiger partial charge in [-0.15, -0.1) is 0 Å². The van der Waals surface area contributed by atoms with Gasteiger partial charge in [0.15, 0.2) is 0 Å². The first-order chi connectivity index (χ1) is 7.59. The summed E-state index contributed by atoms with van der Waals surface area (Å²) in [6.45, 7) is 0. The van der Waals surface area contributed by atoms with E-state index >= 15 is 0 Å². The van der Waals surface area contributed by atoms with Crippen molar-refractivity contribution in [2.45, 2.75) is 0 Å². The minimum Gasteiger partial charge on any atom is -0.507 e. The first-order valence-electron chi connectivity index (χ1n) is 4.76. The highest BCUT2D eigenvalue weighted by molar-refractivity contribution is 5.81. The molecule has 2 rings (SSSR count). The summed E-state index contributed by atoms with van der Waals surface area (Å²) in [4.78, 5) is 0. The monoisotopic (exact) mass is 216 g/mol. The highest BCUT2D eigenvalue weighted by atomic mass is 16.3. The zero-order valence-corrected chi connectivity index (χ0v) is 8.51. The van der Waals surface area contributed by atoms with E-state index in [2.05, 4.69) is 0 Å². The molecule has 0 unspecified atom stereocenters. The molecule has 16 heavy (non-hydrogen) atoms. The Kier molecular flexibility index (Phi) is 2.32. The van der Waals surface area contributed by atoms with Gasteiger partial charge < -0.3 is 21.7 Å². The maximum atomic E-state index is 9.78. The van der Waals surface area contributed by atoms with E-state index in [-0.39, 0.29) is 17.2 Å². The summed E-state index contributed by atoms with van der Waals surface area (Å²) in [6, 6.07) is 9.69. The Labute approximate surface area is 92.8 Å². The molecule has 0 aromatic heterocycles. The number of benzene rings is 2. The molecule has 0 amide bonds. The number of phenolic OH excluding ortho intramolecular Hbond substituents is 2. The summed E-state index contributed by atoms with van der Waals surface area (Å²) in [5.41, 5.74) is 12.8. The molecule has 0 fully saturated rings. The highest BCUT2D eigenvalue weighted by Gasteiger charge is 2.10. The molecule has 82 valence electrons. The molecular weight excluding hydrogens is 204 g/mol. The summed E-state index contributed by atoms with van der Waals surface area (Å²) in [5, 5.41) is 19.5. The van der Waals surface area contributed by atoms with Gasteiger partial charge in [-0.3, -0.25) is 0 Å². The smallest absolute Gasteiger partial charge is 0.146 e. The molecule has 6 N–H and O–H groups in total. The van der Waals surface area contributed by atoms with Gasteiger partial charge in [-0.05, 0) is 18.2 Å². The molecule has 0 aliphatic carbocycles. The average molecular weight is 216 g/mol. The van der Waals surface area contributed by atoms with Gasteiger partial charge in [0.1, 0.15) is 11.5 Å². The summed E-state index contributed by atoms with van der Waals surface area (Å²) in [6.07, 6.45) is 0. The molecule has 0 heterocycles. The molecule has 0 radical (unpaired) electrons. The molecule has 2 aromatic carbocycles. The van der Waals surface area contributed by atoms with Crippen LogP contribution in [0.4, 0.5) is 11.4 Å². The van der Waals surface area contributed by atoms with Crippen molar-refractivity contribution in [3.63, 3.8) is 0 Å². The van der Waals surface area contributed by atoms with Gasteiger partial charge in [0.25, 0.3) is 0 Å². The highest BCUT2D eigenvalue weighted by Crippen LogP contribution is 2.38. The van der Waals surface area contributed by atoms with E-state index in [0.717, 1.165) is 0 Å². The van der Waals surface area contributed by atoms with Crippen molar-refractivity contribution < 1.29 is 10.2 Å². The van der Waals surface area contributed by atoms with E-state index in [1.165, 1.54) is 6.07 Å². The first-order valence-corrected chi connectivity index (χ1v) is 4.76. The normalized spacial score (nSPS) is 10.2. The Bertz CT molecular complexity index is 539. The number of hydrogen-bond donors (Lipinski definition) is 4. The quantitative estimate of drug-likeness (QED) is 0.433. The van der Waals surface area contributed by atoms with Crippen LogP contribution >= 0.6 is 0 Å². The van der Waals surface area contributed by atoms with Gasteiger partial charge >= 0.3 is 0 Å². The van der Waals surface area contributed by atoms with Crippen LogP contribution < -0.4 is 11.5 Å². The predicted octanol–water partition coefficient (Wildman–Crippen LogP) is 1.93. The lowest BCUT2D eigenvalue weighted by Crippen LogP contribution is -1.89. The number of anilines is 2. The molecule has 0 saturated heterocycles. The van der Waals surface area contributed by atoms with Crippen molar-refractivity contribution in [2.24, 2.45) is 0 Å². The Morgan fingerprint density at radius 1 is 0.875 bits per heavy atom. The van der Waals surface area contributed by atoms with E-state index in [9.17, 15) is 10.2 Å². The van der Waals surface area contributed by atoms with Crippen molar-refractivity contribution in [3.05, 3.63) is 36.4 Å². The zero-order valence-electron chi connectivity index (χ0n) is 8.51. The second-order valence-electron chi connectivity index (χ2n) is 3.52. The van der Waals surface area contributed by atoms with E-state index in [1.807, 2.05) is 0 Å². The van der Waals surface area contributed by atoms with Gasteiger partial charge in [-0.1, -0.05) is 12.1 Å². The van der Waals surface area contributed by atoms with Crippen molar-refractivity contribution in [3.8, 4) is 22.6 Å². The number of para-hydroxylation sites is 1. The molecule has 0 atom stereocenters. The first kappa shape index (κ1) is 10.2. The minimum absolute atomic E-state index is 0.0147. The van der Waals surface area contributed by atoms with Crippen LogP contribution in [-0.2, 0) is 0 Å². The molecular formula is C12H12N2O2. The zero-order chi connectivity index (χ0) is 11.7. The molecule has 2 aromatic rings. The lowest BCUT2D eigenvalue weighted by atomic mass is 10.0. The van der Waals surface area contributed by atoms with Gasteiger partial charge in [0.2, 0.25) is 0 Å². The lowest BCUT2D eigenvalue weighted by Gasteiger charge is -2.09. The standard InChI is InChI=1S/C12H12N2O2/c13-7-4-5-8(11(15)6-7)9-2-1-3-10(14)12(9)16/h1-6,15-16H,13-14H2. The number of nitrogen functional groups attached to an aromatic ring is 2. The van der Waals surface area contributed by atoms with E-state index in [1.54, 1.807) is 30.3 Å². The average Bonchev–Trinajstić information content (AvgIpc) is 2.23. The van der Waals surface area contributed by atoms with Crippen LogP contribution in [0.25, 0.3) is 11.1 Å². The number of nitrogens with two attached hydrogens (primary N) is 2. The Hall–Kier alpha value is -2.36. The van der Waals surface area contributed by atoms with Crippen LogP contribution in [0, 0.1) is 0 Å². The summed E-state index contributed by atoms with van der Waals surface area (Å²) in [5.74, 6) is -0.0246. The second-order valence-corrected chi connectivity index (χ2v) is 3.52. The third-order valence-electron chi connectivity index (χ3n) is 2.38. The summed E-state index contributed by atoms with van der Waals surface area (Å²) >= 11 is 0. The number of hydrogen-bond acceptors (Lipinski definition) is 4. The van der Waals surface area contributed by atoms with E-state index in [0.29, 0.717) is 16.8 Å². The minimum atomic E-state index is -0.0393. The van der Waals surface area contributed by atoms with Crippen LogP contribution in [0.15, 0.2) is 36.4 Å². The molecule has 0 aliphatic rings. The third kappa shape index (κ3) is 1.61. The predicted molar refractivity (Wildman–Crippen MR) is 64.0 cm³/mol. The lowest BCUT2D eigenvalue weighted by molar-refractivity contribution is 0.470. The van der Waals surface area contributed by atoms with Crippen LogP contribution in [-0.4, -0.2) is 10.2 Å². The third-order valence-corrected chi connectivity index (χ3v) is 2.38. The van der Waals surface area contributed by atoms with Crippen LogP contribution in [0.2, 0.25) is 0 Å². The fourth-order valence-corrected chi connectivity index (χ4v) is 1.56. The van der Waals surface area contributed by atoms with Crippen molar-refractivity contribution in [2.75, 3.05) is 11.5 Å². The van der Waals surface area contributed by atoms with Crippen molar-refractivity contribution >= 4 is 11.4 Å². The second kappa shape index (κ2) is 3.66. The van der Waals surface area contributed by atoms with Crippen molar-refractivity contribution in [1.29, 1.82) is 0 Å². The Morgan fingerprint density at radius 2 is 1.62 bits per heavy atom. The maximum absolute atomic E-state index is 9.78. The Balaban J connectivity index is 2.63. The molecule has 4 nitrogen and oxygen atoms in total. The fraction of sp³-hybridized carbons (Fsp3) is 0. The van der Waals surface area contributed by atoms with Gasteiger partial charge in [0, 0.05) is 22.9 Å². The van der Waals surface area contributed by atoms with Gasteiger partial charge in [-0.2, -0.15) is 0 Å². The molecule has 0 aliphatic heterocycles. The number of rotatable bonds is 1. The fourth-order valence-electron chi connectivity index (χ4n) is 1.56. The largest absolute Gasteiger partial charge is 0.507 e. The number of phenols is 2. The Morgan fingerprint density at radius 3 is 2.31 bits per heavy atom.